The molecule has 0 radical (unpaired) electrons. The van der Waals surface area contributed by atoms with Gasteiger partial charge in [-0.2, -0.15) is 0 Å². The van der Waals surface area contributed by atoms with Crippen LogP contribution < -0.4 is 0 Å². The van der Waals surface area contributed by atoms with Crippen LogP contribution in [0.5, 0.6) is 0 Å². The molecule has 0 N–H and O–H groups in total. The van der Waals surface area contributed by atoms with Gasteiger partial charge in [-0.05, 0) is 23.8 Å². The zero-order chi connectivity index (χ0) is 12.3. The summed E-state index contributed by atoms with van der Waals surface area (Å²) in [7, 11) is 0. The molecule has 0 unspecified atom stereocenters. The number of halogens is 5. The molecule has 0 spiro atoms. The van der Waals surface area contributed by atoms with Crippen LogP contribution in [0.2, 0.25) is 10.0 Å². The van der Waals surface area contributed by atoms with Crippen LogP contribution in [-0.4, -0.2) is 9.76 Å². The lowest BCUT2D eigenvalue weighted by Gasteiger charge is -2.10. The average Bonchev–Trinajstić information content (AvgIpc) is 2.11. The minimum Gasteiger partial charge on any atom is -0.458 e. The molecule has 0 aliphatic rings. The van der Waals surface area contributed by atoms with E-state index in [2.05, 4.69) is 0 Å². The molecule has 1 rings (SSSR count). The summed E-state index contributed by atoms with van der Waals surface area (Å²) in [6.45, 7) is -0.0625. The lowest BCUT2D eigenvalue weighted by atomic mass is 10.2. The molecule has 2 nitrogen and oxygen atoms in total. The summed E-state index contributed by atoms with van der Waals surface area (Å²) < 4.78 is 2.67. The molecule has 1 aromatic carbocycles. The SMILES string of the molecule is O=C(OCc1cc(Cl)cc(Cl)c1)C(Cl)(Cl)Cl. The van der Waals surface area contributed by atoms with Crippen molar-refractivity contribution < 1.29 is 9.53 Å². The first-order valence-corrected chi connectivity index (χ1v) is 5.87. The Bertz CT molecular complexity index is 379. The van der Waals surface area contributed by atoms with Crippen molar-refractivity contribution >= 4 is 64.0 Å². The summed E-state index contributed by atoms with van der Waals surface area (Å²) in [4.78, 5) is 11.1. The van der Waals surface area contributed by atoms with Gasteiger partial charge in [-0.1, -0.05) is 58.0 Å². The normalized spacial score (nSPS) is 11.3. The molecule has 1 aromatic rings. The number of hydrogen-bond acceptors (Lipinski definition) is 2. The maximum atomic E-state index is 11.1. The fourth-order valence-electron chi connectivity index (χ4n) is 0.925. The predicted molar refractivity (Wildman–Crippen MR) is 66.5 cm³/mol. The van der Waals surface area contributed by atoms with E-state index in [0.29, 0.717) is 15.6 Å². The van der Waals surface area contributed by atoms with Gasteiger partial charge in [-0.3, -0.25) is 0 Å². The third-order valence-corrected chi connectivity index (χ3v) is 2.42. The van der Waals surface area contributed by atoms with E-state index in [1.54, 1.807) is 18.2 Å². The highest BCUT2D eigenvalue weighted by molar-refractivity contribution is 6.75. The zero-order valence-electron chi connectivity index (χ0n) is 7.65. The molecular formula is C9H5Cl5O2. The van der Waals surface area contributed by atoms with Gasteiger partial charge >= 0.3 is 5.97 Å². The Kier molecular flexibility index (Phi) is 5.02. The van der Waals surface area contributed by atoms with Crippen LogP contribution in [0.15, 0.2) is 18.2 Å². The van der Waals surface area contributed by atoms with Crippen molar-refractivity contribution in [2.45, 2.75) is 10.4 Å². The second-order valence-electron chi connectivity index (χ2n) is 2.85. The third kappa shape index (κ3) is 4.56. The van der Waals surface area contributed by atoms with Crippen LogP contribution in [0.4, 0.5) is 0 Å². The smallest absolute Gasteiger partial charge is 0.358 e. The van der Waals surface area contributed by atoms with Gasteiger partial charge in [-0.15, -0.1) is 0 Å². The van der Waals surface area contributed by atoms with Gasteiger partial charge in [0.15, 0.2) is 0 Å². The number of ether oxygens (including phenoxy) is 1. The topological polar surface area (TPSA) is 26.3 Å². The molecule has 0 fully saturated rings. The lowest BCUT2D eigenvalue weighted by Crippen LogP contribution is -2.21. The average molecular weight is 322 g/mol. The van der Waals surface area contributed by atoms with Gasteiger partial charge < -0.3 is 4.74 Å². The number of carbonyl (C=O) groups excluding carboxylic acids is 1. The van der Waals surface area contributed by atoms with Gasteiger partial charge in [-0.25, -0.2) is 4.79 Å². The Labute approximate surface area is 117 Å². The summed E-state index contributed by atoms with van der Waals surface area (Å²) in [6.07, 6.45) is 0. The summed E-state index contributed by atoms with van der Waals surface area (Å²) >= 11 is 27.5. The summed E-state index contributed by atoms with van der Waals surface area (Å²) in [5.41, 5.74) is 0.611. The maximum Gasteiger partial charge on any atom is 0.358 e. The maximum absolute atomic E-state index is 11.1. The molecule has 0 aromatic heterocycles. The molecule has 0 saturated carbocycles. The first-order valence-electron chi connectivity index (χ1n) is 3.98. The predicted octanol–water partition coefficient (Wildman–Crippen LogP) is 4.41. The fourth-order valence-corrected chi connectivity index (χ4v) is 1.66. The van der Waals surface area contributed by atoms with Crippen LogP contribution in [0.1, 0.15) is 5.56 Å². The summed E-state index contributed by atoms with van der Waals surface area (Å²) in [5.74, 6) is -0.950. The molecule has 88 valence electrons. The number of hydrogen-bond donors (Lipinski definition) is 0. The van der Waals surface area contributed by atoms with E-state index >= 15 is 0 Å². The zero-order valence-corrected chi connectivity index (χ0v) is 11.4. The van der Waals surface area contributed by atoms with Gasteiger partial charge in [0, 0.05) is 10.0 Å². The lowest BCUT2D eigenvalue weighted by molar-refractivity contribution is -0.143. The van der Waals surface area contributed by atoms with Gasteiger partial charge in [0.2, 0.25) is 0 Å². The third-order valence-electron chi connectivity index (χ3n) is 1.52. The van der Waals surface area contributed by atoms with Gasteiger partial charge in [0.1, 0.15) is 6.61 Å². The van der Waals surface area contributed by atoms with Crippen LogP contribution >= 0.6 is 58.0 Å². The molecule has 16 heavy (non-hydrogen) atoms. The summed E-state index contributed by atoms with van der Waals surface area (Å²) in [6, 6.07) is 4.75. The number of benzene rings is 1. The molecule has 0 heterocycles. The minimum absolute atomic E-state index is 0.0625. The molecule has 0 saturated heterocycles. The molecular weight excluding hydrogens is 317 g/mol. The molecule has 0 aliphatic heterocycles. The highest BCUT2D eigenvalue weighted by atomic mass is 35.6. The Morgan fingerprint density at radius 1 is 1.12 bits per heavy atom. The summed E-state index contributed by atoms with van der Waals surface area (Å²) in [5, 5.41) is 0.875. The van der Waals surface area contributed by atoms with E-state index in [9.17, 15) is 4.79 Å². The Hall–Kier alpha value is 0.140. The van der Waals surface area contributed by atoms with Crippen molar-refractivity contribution in [1.82, 2.24) is 0 Å². The van der Waals surface area contributed by atoms with Gasteiger partial charge in [0.25, 0.3) is 3.79 Å². The van der Waals surface area contributed by atoms with E-state index in [1.807, 2.05) is 0 Å². The van der Waals surface area contributed by atoms with Crippen LogP contribution in [-0.2, 0) is 16.1 Å². The second kappa shape index (κ2) is 5.65. The second-order valence-corrected chi connectivity index (χ2v) is 6.01. The van der Waals surface area contributed by atoms with E-state index in [4.69, 9.17) is 62.7 Å². The van der Waals surface area contributed by atoms with Crippen LogP contribution in [0.3, 0.4) is 0 Å². The molecule has 0 bridgehead atoms. The Morgan fingerprint density at radius 2 is 1.62 bits per heavy atom. The van der Waals surface area contributed by atoms with Crippen molar-refractivity contribution in [2.24, 2.45) is 0 Å². The van der Waals surface area contributed by atoms with E-state index in [-0.39, 0.29) is 6.61 Å². The Morgan fingerprint density at radius 3 is 2.06 bits per heavy atom. The van der Waals surface area contributed by atoms with Crippen molar-refractivity contribution in [3.63, 3.8) is 0 Å². The first-order chi connectivity index (χ1) is 7.29. The minimum atomic E-state index is -2.08. The van der Waals surface area contributed by atoms with E-state index in [1.165, 1.54) is 0 Å². The Balaban J connectivity index is 2.65. The molecule has 7 heteroatoms. The molecule has 0 amide bonds. The highest BCUT2D eigenvalue weighted by Crippen LogP contribution is 2.28. The number of alkyl halides is 3. The van der Waals surface area contributed by atoms with Crippen molar-refractivity contribution in [2.75, 3.05) is 0 Å². The first kappa shape index (κ1) is 14.2. The van der Waals surface area contributed by atoms with Gasteiger partial charge in [0.05, 0.1) is 0 Å². The molecule has 0 aliphatic carbocycles. The van der Waals surface area contributed by atoms with Crippen molar-refractivity contribution in [3.8, 4) is 0 Å². The quantitative estimate of drug-likeness (QED) is 0.595. The number of esters is 1. The number of carbonyl (C=O) groups is 1. The van der Waals surface area contributed by atoms with Crippen molar-refractivity contribution in [1.29, 1.82) is 0 Å². The molecule has 0 atom stereocenters. The monoisotopic (exact) mass is 320 g/mol. The fraction of sp³-hybridized carbons (Fsp3) is 0.222. The van der Waals surface area contributed by atoms with Crippen LogP contribution in [0, 0.1) is 0 Å². The van der Waals surface area contributed by atoms with E-state index < -0.39 is 9.76 Å². The van der Waals surface area contributed by atoms with Crippen molar-refractivity contribution in [3.05, 3.63) is 33.8 Å². The standard InChI is InChI=1S/C9H5Cl5O2/c10-6-1-5(2-7(11)3-6)4-16-8(15)9(12,13)14/h1-3H,4H2. The van der Waals surface area contributed by atoms with Crippen LogP contribution in [0.25, 0.3) is 0 Å². The highest BCUT2D eigenvalue weighted by Gasteiger charge is 2.32. The largest absolute Gasteiger partial charge is 0.458 e. The van der Waals surface area contributed by atoms with E-state index in [0.717, 1.165) is 0 Å². The number of rotatable bonds is 2.